The quantitative estimate of drug-likeness (QED) is 0.706. The lowest BCUT2D eigenvalue weighted by Crippen LogP contribution is -2.36. The van der Waals surface area contributed by atoms with Crippen LogP contribution in [0.5, 0.6) is 0 Å². The summed E-state index contributed by atoms with van der Waals surface area (Å²) in [6.45, 7) is 4.24. The molecule has 126 valence electrons. The molecule has 8 heteroatoms. The Morgan fingerprint density at radius 2 is 2.08 bits per heavy atom. The summed E-state index contributed by atoms with van der Waals surface area (Å²) >= 11 is 1.70. The molecular formula is C16H20N6OS. The number of imidazole rings is 1. The van der Waals surface area contributed by atoms with E-state index in [1.54, 1.807) is 11.3 Å². The maximum Gasteiger partial charge on any atom is 0.186 e. The zero-order valence-electron chi connectivity index (χ0n) is 13.6. The van der Waals surface area contributed by atoms with Gasteiger partial charge in [0.15, 0.2) is 11.0 Å². The van der Waals surface area contributed by atoms with Crippen molar-refractivity contribution in [2.45, 2.75) is 13.0 Å². The molecule has 0 saturated carbocycles. The van der Waals surface area contributed by atoms with Crippen molar-refractivity contribution in [2.24, 2.45) is 7.05 Å². The van der Waals surface area contributed by atoms with E-state index >= 15 is 0 Å². The molecule has 0 unspecified atom stereocenters. The standard InChI is InChI=1S/C16H20N6OS/c1-20-12-13(10-19-20)2-4-21-5-3-17-15(21)14-11-18-16(24-14)22-6-8-23-9-7-22/h3,5,10-12H,2,4,6-9H2,1H3. The lowest BCUT2D eigenvalue weighted by molar-refractivity contribution is 0.122. The fourth-order valence-electron chi connectivity index (χ4n) is 2.83. The van der Waals surface area contributed by atoms with Crippen LogP contribution < -0.4 is 4.90 Å². The lowest BCUT2D eigenvalue weighted by atomic mass is 10.2. The van der Waals surface area contributed by atoms with Gasteiger partial charge in [0.1, 0.15) is 0 Å². The summed E-state index contributed by atoms with van der Waals surface area (Å²) in [5, 5.41) is 5.27. The minimum Gasteiger partial charge on any atom is -0.378 e. The molecule has 24 heavy (non-hydrogen) atoms. The average molecular weight is 344 g/mol. The van der Waals surface area contributed by atoms with Gasteiger partial charge in [-0.25, -0.2) is 9.97 Å². The Kier molecular flexibility index (Phi) is 4.31. The highest BCUT2D eigenvalue weighted by atomic mass is 32.1. The number of aromatic nitrogens is 5. The van der Waals surface area contributed by atoms with Gasteiger partial charge in [0, 0.05) is 45.3 Å². The topological polar surface area (TPSA) is 61.0 Å². The van der Waals surface area contributed by atoms with Crippen molar-refractivity contribution < 1.29 is 4.74 Å². The van der Waals surface area contributed by atoms with Crippen LogP contribution in [0.3, 0.4) is 0 Å². The maximum atomic E-state index is 5.41. The zero-order chi connectivity index (χ0) is 16.4. The van der Waals surface area contributed by atoms with Crippen LogP contribution in [0.4, 0.5) is 5.13 Å². The maximum absolute atomic E-state index is 5.41. The molecule has 3 aromatic rings. The van der Waals surface area contributed by atoms with E-state index in [1.165, 1.54) is 5.56 Å². The fraction of sp³-hybridized carbons (Fsp3) is 0.438. The number of nitrogens with zero attached hydrogens (tertiary/aromatic N) is 6. The van der Waals surface area contributed by atoms with Crippen LogP contribution in [0.2, 0.25) is 0 Å². The molecule has 0 radical (unpaired) electrons. The number of rotatable bonds is 5. The Hall–Kier alpha value is -2.19. The second kappa shape index (κ2) is 6.74. The highest BCUT2D eigenvalue weighted by molar-refractivity contribution is 7.18. The molecule has 0 aliphatic carbocycles. The number of morpholine rings is 1. The number of hydrogen-bond acceptors (Lipinski definition) is 6. The normalized spacial score (nSPS) is 15.1. The molecule has 0 amide bonds. The second-order valence-corrected chi connectivity index (χ2v) is 6.83. The van der Waals surface area contributed by atoms with Crippen LogP contribution in [0.25, 0.3) is 10.7 Å². The van der Waals surface area contributed by atoms with E-state index in [9.17, 15) is 0 Å². The summed E-state index contributed by atoms with van der Waals surface area (Å²) in [5.74, 6) is 0.982. The molecule has 0 spiro atoms. The summed E-state index contributed by atoms with van der Waals surface area (Å²) < 4.78 is 9.43. The minimum atomic E-state index is 0.772. The molecule has 4 rings (SSSR count). The van der Waals surface area contributed by atoms with Crippen LogP contribution in [-0.2, 0) is 24.8 Å². The molecule has 1 fully saturated rings. The van der Waals surface area contributed by atoms with Crippen LogP contribution in [0.15, 0.2) is 31.0 Å². The van der Waals surface area contributed by atoms with Gasteiger partial charge >= 0.3 is 0 Å². The van der Waals surface area contributed by atoms with E-state index in [0.717, 1.165) is 55.1 Å². The summed E-state index contributed by atoms with van der Waals surface area (Å²) in [5.41, 5.74) is 1.23. The Morgan fingerprint density at radius 1 is 1.21 bits per heavy atom. The number of hydrogen-bond donors (Lipinski definition) is 0. The van der Waals surface area contributed by atoms with Gasteiger partial charge in [0.2, 0.25) is 0 Å². The number of anilines is 1. The number of thiazole rings is 1. The van der Waals surface area contributed by atoms with Crippen LogP contribution >= 0.6 is 11.3 Å². The first-order valence-electron chi connectivity index (χ1n) is 8.07. The van der Waals surface area contributed by atoms with Crippen LogP contribution in [0, 0.1) is 0 Å². The predicted octanol–water partition coefficient (Wildman–Crippen LogP) is 1.82. The van der Waals surface area contributed by atoms with Crippen molar-refractivity contribution in [3.05, 3.63) is 36.5 Å². The molecule has 0 aromatic carbocycles. The molecule has 1 saturated heterocycles. The Morgan fingerprint density at radius 3 is 2.88 bits per heavy atom. The van der Waals surface area contributed by atoms with Gasteiger partial charge in [-0.3, -0.25) is 4.68 Å². The first-order valence-corrected chi connectivity index (χ1v) is 8.89. The van der Waals surface area contributed by atoms with Crippen molar-refractivity contribution in [3.63, 3.8) is 0 Å². The monoisotopic (exact) mass is 344 g/mol. The van der Waals surface area contributed by atoms with Gasteiger partial charge in [-0.15, -0.1) is 0 Å². The van der Waals surface area contributed by atoms with E-state index in [1.807, 2.05) is 36.5 Å². The third-order valence-electron chi connectivity index (χ3n) is 4.11. The lowest BCUT2D eigenvalue weighted by Gasteiger charge is -2.25. The molecule has 0 bridgehead atoms. The van der Waals surface area contributed by atoms with Crippen molar-refractivity contribution in [1.29, 1.82) is 0 Å². The Bertz CT molecular complexity index is 801. The van der Waals surface area contributed by atoms with E-state index in [-0.39, 0.29) is 0 Å². The molecule has 0 N–H and O–H groups in total. The highest BCUT2D eigenvalue weighted by Gasteiger charge is 2.17. The van der Waals surface area contributed by atoms with Crippen molar-refractivity contribution in [2.75, 3.05) is 31.2 Å². The van der Waals surface area contributed by atoms with E-state index in [0.29, 0.717) is 0 Å². The van der Waals surface area contributed by atoms with E-state index in [4.69, 9.17) is 4.74 Å². The molecule has 3 aromatic heterocycles. The predicted molar refractivity (Wildman–Crippen MR) is 93.3 cm³/mol. The average Bonchev–Trinajstić information content (AvgIpc) is 3.34. The van der Waals surface area contributed by atoms with E-state index in [2.05, 4.69) is 30.7 Å². The van der Waals surface area contributed by atoms with Crippen molar-refractivity contribution in [1.82, 2.24) is 24.3 Å². The number of aryl methyl sites for hydroxylation is 3. The smallest absolute Gasteiger partial charge is 0.186 e. The van der Waals surface area contributed by atoms with Gasteiger partial charge in [-0.1, -0.05) is 11.3 Å². The van der Waals surface area contributed by atoms with Crippen molar-refractivity contribution in [3.8, 4) is 10.7 Å². The number of ether oxygens (including phenoxy) is 1. The molecular weight excluding hydrogens is 324 g/mol. The Labute approximate surface area is 144 Å². The molecule has 0 atom stereocenters. The van der Waals surface area contributed by atoms with Crippen molar-refractivity contribution >= 4 is 16.5 Å². The van der Waals surface area contributed by atoms with Gasteiger partial charge in [-0.05, 0) is 12.0 Å². The summed E-state index contributed by atoms with van der Waals surface area (Å²) in [6.07, 6.45) is 10.7. The fourth-order valence-corrected chi connectivity index (χ4v) is 3.81. The SMILES string of the molecule is Cn1cc(CCn2ccnc2-c2cnc(N3CCOCC3)s2)cn1. The summed E-state index contributed by atoms with van der Waals surface area (Å²) in [6, 6.07) is 0. The summed E-state index contributed by atoms with van der Waals surface area (Å²) in [7, 11) is 1.94. The van der Waals surface area contributed by atoms with Crippen LogP contribution in [-0.4, -0.2) is 50.6 Å². The third kappa shape index (κ3) is 3.20. The minimum absolute atomic E-state index is 0.772. The van der Waals surface area contributed by atoms with Gasteiger partial charge in [0.25, 0.3) is 0 Å². The first kappa shape index (κ1) is 15.3. The van der Waals surface area contributed by atoms with Gasteiger partial charge in [0.05, 0.1) is 30.5 Å². The van der Waals surface area contributed by atoms with Gasteiger partial charge in [-0.2, -0.15) is 5.10 Å². The first-order chi connectivity index (χ1) is 11.8. The summed E-state index contributed by atoms with van der Waals surface area (Å²) in [4.78, 5) is 12.5. The molecule has 4 heterocycles. The molecule has 1 aliphatic heterocycles. The zero-order valence-corrected chi connectivity index (χ0v) is 14.4. The third-order valence-corrected chi connectivity index (χ3v) is 5.16. The largest absolute Gasteiger partial charge is 0.378 e. The highest BCUT2D eigenvalue weighted by Crippen LogP contribution is 2.30. The Balaban J connectivity index is 1.48. The second-order valence-electron chi connectivity index (χ2n) is 5.82. The molecule has 1 aliphatic rings. The molecule has 7 nitrogen and oxygen atoms in total. The van der Waals surface area contributed by atoms with E-state index < -0.39 is 0 Å². The van der Waals surface area contributed by atoms with Crippen LogP contribution in [0.1, 0.15) is 5.56 Å². The van der Waals surface area contributed by atoms with Gasteiger partial charge < -0.3 is 14.2 Å².